The van der Waals surface area contributed by atoms with Crippen molar-refractivity contribution >= 4 is 22.5 Å². The topological polar surface area (TPSA) is 30.7 Å². The lowest BCUT2D eigenvalue weighted by Gasteiger charge is -2.05. The van der Waals surface area contributed by atoms with Gasteiger partial charge < -0.3 is 0 Å². The van der Waals surface area contributed by atoms with Crippen LogP contribution in [-0.2, 0) is 0 Å². The van der Waals surface area contributed by atoms with Gasteiger partial charge in [0.15, 0.2) is 0 Å². The van der Waals surface area contributed by atoms with Crippen molar-refractivity contribution in [1.82, 2.24) is 14.8 Å². The monoisotopic (exact) mass is 337 g/mol. The van der Waals surface area contributed by atoms with E-state index in [1.165, 1.54) is 25.7 Å². The zero-order valence-electron chi connectivity index (χ0n) is 13.8. The number of aromatic nitrogens is 3. The largest absolute Gasteiger partial charge is 0.256 e. The quantitative estimate of drug-likeness (QED) is 0.461. The van der Waals surface area contributed by atoms with Crippen molar-refractivity contribution in [3.8, 4) is 17.5 Å². The third kappa shape index (κ3) is 3.96. The summed E-state index contributed by atoms with van der Waals surface area (Å²) >= 11 is 6.04. The highest BCUT2D eigenvalue weighted by molar-refractivity contribution is 6.31. The molecule has 0 unspecified atom stereocenters. The lowest BCUT2D eigenvalue weighted by molar-refractivity contribution is 0.679. The summed E-state index contributed by atoms with van der Waals surface area (Å²) in [6.07, 6.45) is 11.5. The molecule has 2 aromatic heterocycles. The van der Waals surface area contributed by atoms with Crippen LogP contribution < -0.4 is 0 Å². The van der Waals surface area contributed by atoms with Crippen molar-refractivity contribution in [2.24, 2.45) is 0 Å². The van der Waals surface area contributed by atoms with E-state index >= 15 is 0 Å². The number of hydrogen-bond donors (Lipinski definition) is 0. The van der Waals surface area contributed by atoms with E-state index < -0.39 is 0 Å². The second kappa shape index (κ2) is 7.99. The summed E-state index contributed by atoms with van der Waals surface area (Å²) in [7, 11) is 0. The van der Waals surface area contributed by atoms with Crippen molar-refractivity contribution < 1.29 is 0 Å². The second-order valence-electron chi connectivity index (χ2n) is 5.78. The minimum Gasteiger partial charge on any atom is -0.256 e. The van der Waals surface area contributed by atoms with Crippen LogP contribution in [0.5, 0.6) is 0 Å². The van der Waals surface area contributed by atoms with Gasteiger partial charge in [-0.15, -0.1) is 0 Å². The lowest BCUT2D eigenvalue weighted by Crippen LogP contribution is -1.96. The number of unbranched alkanes of at least 4 members (excludes halogenated alkanes) is 4. The molecule has 3 rings (SSSR count). The van der Waals surface area contributed by atoms with Crippen LogP contribution in [-0.4, -0.2) is 14.8 Å². The van der Waals surface area contributed by atoms with Gasteiger partial charge in [-0.1, -0.05) is 49.6 Å². The molecule has 0 amide bonds. The number of benzene rings is 1. The van der Waals surface area contributed by atoms with Crippen LogP contribution in [0.1, 0.15) is 44.6 Å². The van der Waals surface area contributed by atoms with Gasteiger partial charge in [0.2, 0.25) is 0 Å². The summed E-state index contributed by atoms with van der Waals surface area (Å²) in [5.74, 6) is 6.44. The summed E-state index contributed by atoms with van der Waals surface area (Å²) in [6, 6.07) is 7.66. The van der Waals surface area contributed by atoms with Crippen molar-refractivity contribution in [1.29, 1.82) is 0 Å². The Balaban J connectivity index is 1.78. The predicted molar refractivity (Wildman–Crippen MR) is 99.5 cm³/mol. The minimum absolute atomic E-state index is 0.683. The molecule has 0 saturated heterocycles. The molecule has 2 heterocycles. The van der Waals surface area contributed by atoms with Gasteiger partial charge in [0, 0.05) is 29.2 Å². The third-order valence-corrected chi connectivity index (χ3v) is 4.13. The molecule has 0 aliphatic rings. The molecule has 0 aliphatic carbocycles. The van der Waals surface area contributed by atoms with E-state index in [2.05, 4.69) is 28.8 Å². The van der Waals surface area contributed by atoms with Gasteiger partial charge in [0.1, 0.15) is 0 Å². The first-order valence-corrected chi connectivity index (χ1v) is 8.74. The first-order chi connectivity index (χ1) is 11.8. The maximum atomic E-state index is 6.04. The Hall–Kier alpha value is -2.31. The molecule has 0 radical (unpaired) electrons. The molecular formula is C20H20ClN3. The number of rotatable bonds is 5. The van der Waals surface area contributed by atoms with Crippen LogP contribution in [0.2, 0.25) is 5.02 Å². The molecule has 0 N–H and O–H groups in total. The van der Waals surface area contributed by atoms with Crippen LogP contribution in [0.3, 0.4) is 0 Å². The van der Waals surface area contributed by atoms with Gasteiger partial charge in [0.05, 0.1) is 23.0 Å². The Morgan fingerprint density at radius 1 is 1.17 bits per heavy atom. The number of halogens is 1. The Bertz CT molecular complexity index is 887. The van der Waals surface area contributed by atoms with Gasteiger partial charge in [-0.05, 0) is 30.7 Å². The number of nitrogens with zero attached hydrogens (tertiary/aromatic N) is 3. The fourth-order valence-electron chi connectivity index (χ4n) is 2.63. The van der Waals surface area contributed by atoms with Gasteiger partial charge in [-0.25, -0.2) is 4.68 Å². The Kier molecular flexibility index (Phi) is 5.51. The molecule has 0 spiro atoms. The maximum absolute atomic E-state index is 6.04. The molecule has 0 fully saturated rings. The summed E-state index contributed by atoms with van der Waals surface area (Å²) in [5.41, 5.74) is 2.77. The molecular weight excluding hydrogens is 318 g/mol. The van der Waals surface area contributed by atoms with E-state index in [0.29, 0.717) is 5.02 Å². The summed E-state index contributed by atoms with van der Waals surface area (Å²) < 4.78 is 1.85. The molecule has 24 heavy (non-hydrogen) atoms. The van der Waals surface area contributed by atoms with Gasteiger partial charge in [0.25, 0.3) is 0 Å². The molecule has 0 saturated carbocycles. The van der Waals surface area contributed by atoms with E-state index in [4.69, 9.17) is 11.6 Å². The molecule has 1 aromatic carbocycles. The number of fused-ring (bicyclic) bond motifs is 1. The first-order valence-electron chi connectivity index (χ1n) is 8.36. The normalized spacial score (nSPS) is 10.6. The van der Waals surface area contributed by atoms with Crippen molar-refractivity contribution in [2.45, 2.75) is 39.0 Å². The third-order valence-electron chi connectivity index (χ3n) is 3.90. The highest BCUT2D eigenvalue weighted by Gasteiger charge is 2.06. The fraction of sp³-hybridized carbons (Fsp3) is 0.300. The van der Waals surface area contributed by atoms with Crippen LogP contribution in [0.4, 0.5) is 0 Å². The van der Waals surface area contributed by atoms with Gasteiger partial charge >= 0.3 is 0 Å². The summed E-state index contributed by atoms with van der Waals surface area (Å²) in [4.78, 5) is 4.37. The fourth-order valence-corrected chi connectivity index (χ4v) is 2.80. The molecule has 3 aromatic rings. The molecule has 0 atom stereocenters. The molecule has 0 bridgehead atoms. The van der Waals surface area contributed by atoms with E-state index in [0.717, 1.165) is 28.6 Å². The average Bonchev–Trinajstić information content (AvgIpc) is 3.06. The molecule has 3 nitrogen and oxygen atoms in total. The van der Waals surface area contributed by atoms with Crippen LogP contribution in [0.15, 0.2) is 42.9 Å². The minimum atomic E-state index is 0.683. The maximum Gasteiger partial charge on any atom is 0.0755 e. The average molecular weight is 338 g/mol. The summed E-state index contributed by atoms with van der Waals surface area (Å²) in [6.45, 7) is 2.22. The first kappa shape index (κ1) is 16.5. The number of hydrogen-bond acceptors (Lipinski definition) is 2. The zero-order valence-corrected chi connectivity index (χ0v) is 14.6. The van der Waals surface area contributed by atoms with E-state index in [9.17, 15) is 0 Å². The SMILES string of the molecule is CCCCCCC#Cc1cnn(-c2ccnc3cc(Cl)ccc23)c1. The van der Waals surface area contributed by atoms with Crippen molar-refractivity contribution in [2.75, 3.05) is 0 Å². The lowest BCUT2D eigenvalue weighted by atomic mass is 10.1. The van der Waals surface area contributed by atoms with E-state index in [-0.39, 0.29) is 0 Å². The van der Waals surface area contributed by atoms with E-state index in [1.54, 1.807) is 12.4 Å². The van der Waals surface area contributed by atoms with Crippen LogP contribution in [0.25, 0.3) is 16.6 Å². The van der Waals surface area contributed by atoms with Crippen molar-refractivity contribution in [3.63, 3.8) is 0 Å². The highest BCUT2D eigenvalue weighted by Crippen LogP contribution is 2.23. The highest BCUT2D eigenvalue weighted by atomic mass is 35.5. The Morgan fingerprint density at radius 3 is 2.96 bits per heavy atom. The Morgan fingerprint density at radius 2 is 2.08 bits per heavy atom. The molecule has 0 aliphatic heterocycles. The Labute approximate surface area is 147 Å². The van der Waals surface area contributed by atoms with Crippen LogP contribution >= 0.6 is 11.6 Å². The summed E-state index contributed by atoms with van der Waals surface area (Å²) in [5, 5.41) is 6.14. The smallest absolute Gasteiger partial charge is 0.0755 e. The number of pyridine rings is 1. The van der Waals surface area contributed by atoms with Gasteiger partial charge in [-0.3, -0.25) is 4.98 Å². The van der Waals surface area contributed by atoms with Crippen molar-refractivity contribution in [3.05, 3.63) is 53.4 Å². The van der Waals surface area contributed by atoms with E-state index in [1.807, 2.05) is 35.1 Å². The van der Waals surface area contributed by atoms with Crippen LogP contribution in [0, 0.1) is 11.8 Å². The zero-order chi connectivity index (χ0) is 16.8. The molecule has 122 valence electrons. The standard InChI is InChI=1S/C20H20ClN3/c1-2-3-4-5-6-7-8-16-14-23-24(15-16)20-11-12-22-19-13-17(21)9-10-18(19)20/h9-15H,2-6H2,1H3. The predicted octanol–water partition coefficient (Wildman–Crippen LogP) is 5.40. The second-order valence-corrected chi connectivity index (χ2v) is 6.21. The van der Waals surface area contributed by atoms with Gasteiger partial charge in [-0.2, -0.15) is 5.10 Å². The molecule has 4 heteroatoms.